The zero-order chi connectivity index (χ0) is 12.2. The highest BCUT2D eigenvalue weighted by Crippen LogP contribution is 2.28. The molecule has 2 atom stereocenters. The number of aliphatic imine (C=N–C) groups is 1. The summed E-state index contributed by atoms with van der Waals surface area (Å²) in [4.78, 5) is 4.05. The van der Waals surface area contributed by atoms with Crippen LogP contribution < -0.4 is 10.6 Å². The number of nitrogens with zero attached hydrogens (tertiary/aromatic N) is 1. The molecule has 1 fully saturated rings. The van der Waals surface area contributed by atoms with Crippen LogP contribution in [-0.2, 0) is 9.84 Å². The van der Waals surface area contributed by atoms with Gasteiger partial charge in [-0.1, -0.05) is 13.8 Å². The number of nitrogens with one attached hydrogen (secondary N) is 2. The fraction of sp³-hybridized carbons (Fsp3) is 0.900. The largest absolute Gasteiger partial charge is 0.355 e. The molecular formula is C10H21N3O2S. The van der Waals surface area contributed by atoms with E-state index in [4.69, 9.17) is 0 Å². The summed E-state index contributed by atoms with van der Waals surface area (Å²) in [7, 11) is -1.20. The zero-order valence-corrected chi connectivity index (χ0v) is 11.0. The molecule has 0 aromatic carbocycles. The molecule has 0 amide bonds. The van der Waals surface area contributed by atoms with Gasteiger partial charge in [-0.05, 0) is 12.3 Å². The van der Waals surface area contributed by atoms with Crippen molar-refractivity contribution < 1.29 is 8.42 Å². The average molecular weight is 247 g/mol. The van der Waals surface area contributed by atoms with Crippen LogP contribution in [0.2, 0.25) is 0 Å². The maximum atomic E-state index is 11.3. The lowest BCUT2D eigenvalue weighted by Crippen LogP contribution is -2.41. The summed E-state index contributed by atoms with van der Waals surface area (Å²) in [5.74, 6) is 1.74. The third-order valence-electron chi connectivity index (χ3n) is 2.80. The Kier molecular flexibility index (Phi) is 4.58. The van der Waals surface area contributed by atoms with Crippen LogP contribution in [0.4, 0.5) is 0 Å². The molecule has 0 aromatic rings. The highest BCUT2D eigenvalue weighted by atomic mass is 32.2. The highest BCUT2D eigenvalue weighted by molar-refractivity contribution is 7.91. The van der Waals surface area contributed by atoms with Gasteiger partial charge in [-0.15, -0.1) is 0 Å². The van der Waals surface area contributed by atoms with Crippen molar-refractivity contribution in [1.82, 2.24) is 10.6 Å². The van der Waals surface area contributed by atoms with E-state index in [0.717, 1.165) is 6.42 Å². The van der Waals surface area contributed by atoms with Crippen molar-refractivity contribution in [2.24, 2.45) is 10.9 Å². The van der Waals surface area contributed by atoms with Gasteiger partial charge in [0.05, 0.1) is 5.75 Å². The minimum Gasteiger partial charge on any atom is -0.355 e. The number of hydrogen-bond acceptors (Lipinski definition) is 3. The van der Waals surface area contributed by atoms with Crippen molar-refractivity contribution in [3.05, 3.63) is 0 Å². The van der Waals surface area contributed by atoms with Crippen molar-refractivity contribution in [2.75, 3.05) is 25.1 Å². The summed E-state index contributed by atoms with van der Waals surface area (Å²) in [6, 6.07) is 0.494. The van der Waals surface area contributed by atoms with Crippen LogP contribution in [0.1, 0.15) is 20.3 Å². The predicted octanol–water partition coefficient (Wildman–Crippen LogP) is -0.00550. The van der Waals surface area contributed by atoms with Crippen LogP contribution in [0.3, 0.4) is 0 Å². The standard InChI is InChI=1S/C10H21N3O2S/c1-4-16(14,15)6-5-12-10(11-3)13-9-7-8(9)2/h8-9H,4-7H2,1-3H3,(H2,11,12,13). The quantitative estimate of drug-likeness (QED) is 0.530. The van der Waals surface area contributed by atoms with Gasteiger partial charge in [0.15, 0.2) is 15.8 Å². The van der Waals surface area contributed by atoms with Gasteiger partial charge in [0.1, 0.15) is 0 Å². The molecule has 5 nitrogen and oxygen atoms in total. The monoisotopic (exact) mass is 247 g/mol. The van der Waals surface area contributed by atoms with Crippen LogP contribution >= 0.6 is 0 Å². The Hall–Kier alpha value is -0.780. The van der Waals surface area contributed by atoms with Crippen molar-refractivity contribution in [3.8, 4) is 0 Å². The Labute approximate surface area is 97.6 Å². The number of rotatable bonds is 5. The van der Waals surface area contributed by atoms with Gasteiger partial charge in [-0.2, -0.15) is 0 Å². The van der Waals surface area contributed by atoms with E-state index in [1.54, 1.807) is 14.0 Å². The summed E-state index contributed by atoms with van der Waals surface area (Å²) in [6.07, 6.45) is 1.16. The van der Waals surface area contributed by atoms with Gasteiger partial charge >= 0.3 is 0 Å². The first-order valence-electron chi connectivity index (χ1n) is 5.66. The lowest BCUT2D eigenvalue weighted by molar-refractivity contribution is 0.595. The van der Waals surface area contributed by atoms with Crippen LogP contribution in [-0.4, -0.2) is 45.5 Å². The minimum atomic E-state index is -2.89. The number of sulfone groups is 1. The fourth-order valence-corrected chi connectivity index (χ4v) is 2.06. The molecule has 0 spiro atoms. The molecule has 0 aromatic heterocycles. The molecule has 1 aliphatic carbocycles. The molecule has 0 saturated heterocycles. The normalized spacial score (nSPS) is 25.3. The molecule has 0 radical (unpaired) electrons. The number of hydrogen-bond donors (Lipinski definition) is 2. The SMILES string of the molecule is CCS(=O)(=O)CCNC(=NC)NC1CC1C. The van der Waals surface area contributed by atoms with Crippen molar-refractivity contribution in [3.63, 3.8) is 0 Å². The van der Waals surface area contributed by atoms with Gasteiger partial charge < -0.3 is 10.6 Å². The van der Waals surface area contributed by atoms with Crippen molar-refractivity contribution in [2.45, 2.75) is 26.3 Å². The van der Waals surface area contributed by atoms with Crippen molar-refractivity contribution in [1.29, 1.82) is 0 Å². The second-order valence-electron chi connectivity index (χ2n) is 4.20. The van der Waals surface area contributed by atoms with E-state index in [2.05, 4.69) is 22.5 Å². The second kappa shape index (κ2) is 5.52. The van der Waals surface area contributed by atoms with E-state index < -0.39 is 9.84 Å². The third-order valence-corrected chi connectivity index (χ3v) is 4.51. The molecule has 1 aliphatic rings. The van der Waals surface area contributed by atoms with Gasteiger partial charge in [0, 0.05) is 25.4 Å². The van der Waals surface area contributed by atoms with Crippen LogP contribution in [0.25, 0.3) is 0 Å². The molecule has 1 saturated carbocycles. The summed E-state index contributed by atoms with van der Waals surface area (Å²) in [5, 5.41) is 6.25. The summed E-state index contributed by atoms with van der Waals surface area (Å²) in [5.41, 5.74) is 0. The van der Waals surface area contributed by atoms with E-state index in [-0.39, 0.29) is 11.5 Å². The summed E-state index contributed by atoms with van der Waals surface area (Å²) < 4.78 is 22.5. The fourth-order valence-electron chi connectivity index (χ4n) is 1.36. The summed E-state index contributed by atoms with van der Waals surface area (Å²) in [6.45, 7) is 4.25. The van der Waals surface area contributed by atoms with Crippen LogP contribution in [0.15, 0.2) is 4.99 Å². The molecule has 0 aliphatic heterocycles. The first-order chi connectivity index (χ1) is 7.48. The van der Waals surface area contributed by atoms with E-state index in [1.807, 2.05) is 0 Å². The zero-order valence-electron chi connectivity index (χ0n) is 10.2. The van der Waals surface area contributed by atoms with Crippen LogP contribution in [0, 0.1) is 5.92 Å². The molecule has 1 rings (SSSR count). The third kappa shape index (κ3) is 4.38. The topological polar surface area (TPSA) is 70.6 Å². The molecule has 2 N–H and O–H groups in total. The maximum absolute atomic E-state index is 11.3. The Balaban J connectivity index is 2.25. The molecule has 6 heteroatoms. The lowest BCUT2D eigenvalue weighted by Gasteiger charge is -2.11. The Morgan fingerprint density at radius 3 is 2.56 bits per heavy atom. The van der Waals surface area contributed by atoms with E-state index >= 15 is 0 Å². The highest BCUT2D eigenvalue weighted by Gasteiger charge is 2.33. The molecule has 16 heavy (non-hydrogen) atoms. The Morgan fingerprint density at radius 1 is 1.50 bits per heavy atom. The predicted molar refractivity (Wildman–Crippen MR) is 66.4 cm³/mol. The lowest BCUT2D eigenvalue weighted by atomic mass is 10.5. The number of guanidine groups is 1. The Morgan fingerprint density at radius 2 is 2.12 bits per heavy atom. The van der Waals surface area contributed by atoms with E-state index in [0.29, 0.717) is 24.5 Å². The molecule has 0 heterocycles. The van der Waals surface area contributed by atoms with Gasteiger partial charge in [-0.3, -0.25) is 4.99 Å². The Bertz CT molecular complexity index is 351. The maximum Gasteiger partial charge on any atom is 0.191 e. The molecule has 2 unspecified atom stereocenters. The first kappa shape index (κ1) is 13.3. The first-order valence-corrected chi connectivity index (χ1v) is 7.48. The van der Waals surface area contributed by atoms with Gasteiger partial charge in [0.2, 0.25) is 0 Å². The van der Waals surface area contributed by atoms with Crippen LogP contribution in [0.5, 0.6) is 0 Å². The van der Waals surface area contributed by atoms with E-state index in [1.165, 1.54) is 0 Å². The smallest absolute Gasteiger partial charge is 0.191 e. The minimum absolute atomic E-state index is 0.157. The van der Waals surface area contributed by atoms with E-state index in [9.17, 15) is 8.42 Å². The van der Waals surface area contributed by atoms with Gasteiger partial charge in [0.25, 0.3) is 0 Å². The molecule has 0 bridgehead atoms. The second-order valence-corrected chi connectivity index (χ2v) is 6.67. The molecule has 94 valence electrons. The molecular weight excluding hydrogens is 226 g/mol. The summed E-state index contributed by atoms with van der Waals surface area (Å²) >= 11 is 0. The average Bonchev–Trinajstić information content (AvgIpc) is 2.92. The van der Waals surface area contributed by atoms with Gasteiger partial charge in [-0.25, -0.2) is 8.42 Å². The van der Waals surface area contributed by atoms with Crippen molar-refractivity contribution >= 4 is 15.8 Å².